The summed E-state index contributed by atoms with van der Waals surface area (Å²) in [5.74, 6) is -0.0538. The minimum Gasteiger partial charge on any atom is -0.451 e. The highest BCUT2D eigenvalue weighted by atomic mass is 79.9. The van der Waals surface area contributed by atoms with Gasteiger partial charge in [-0.15, -0.1) is 5.10 Å². The van der Waals surface area contributed by atoms with Crippen molar-refractivity contribution < 1.29 is 9.21 Å². The van der Waals surface area contributed by atoms with Crippen LogP contribution in [0.5, 0.6) is 0 Å². The molecule has 7 nitrogen and oxygen atoms in total. The number of hydrogen-bond donors (Lipinski definition) is 1. The lowest BCUT2D eigenvalue weighted by atomic mass is 10.1. The maximum atomic E-state index is 12.8. The molecule has 0 saturated carbocycles. The van der Waals surface area contributed by atoms with E-state index in [2.05, 4.69) is 26.3 Å². The molecule has 0 atom stereocenters. The van der Waals surface area contributed by atoms with E-state index < -0.39 is 0 Å². The Morgan fingerprint density at radius 3 is 2.84 bits per heavy atom. The number of carbonyl (C=O) groups excluding carboxylic acids is 1. The molecule has 0 aliphatic rings. The van der Waals surface area contributed by atoms with Crippen LogP contribution in [0, 0.1) is 6.92 Å². The molecule has 8 heteroatoms. The molecule has 1 N–H and O–H groups in total. The summed E-state index contributed by atoms with van der Waals surface area (Å²) < 4.78 is 9.59. The largest absolute Gasteiger partial charge is 0.451 e. The normalized spacial score (nSPS) is 11.3. The van der Waals surface area contributed by atoms with Gasteiger partial charge in [0.2, 0.25) is 0 Å². The van der Waals surface area contributed by atoms with E-state index in [1.54, 1.807) is 24.4 Å². The van der Waals surface area contributed by atoms with Gasteiger partial charge in [0.25, 0.3) is 5.91 Å². The molecule has 154 valence electrons. The second kappa shape index (κ2) is 7.55. The van der Waals surface area contributed by atoms with E-state index in [1.165, 1.54) is 9.08 Å². The van der Waals surface area contributed by atoms with Gasteiger partial charge in [0.1, 0.15) is 5.58 Å². The second-order valence-corrected chi connectivity index (χ2v) is 8.14. The Labute approximate surface area is 185 Å². The molecule has 0 spiro atoms. The van der Waals surface area contributed by atoms with Crippen LogP contribution in [-0.4, -0.2) is 20.1 Å². The summed E-state index contributed by atoms with van der Waals surface area (Å²) in [6.07, 6.45) is 1.69. The minimum absolute atomic E-state index is 0.214. The summed E-state index contributed by atoms with van der Waals surface area (Å²) in [6, 6.07) is 18.4. The first-order valence-corrected chi connectivity index (χ1v) is 10.4. The van der Waals surface area contributed by atoms with Crippen molar-refractivity contribution in [1.82, 2.24) is 14.2 Å². The highest BCUT2D eigenvalue weighted by Gasteiger charge is 2.18. The standard InChI is InChI=1S/C23H17BrN4O3/c1-14-18-12-16(24)8-9-19(18)31-21(14)22(29)25-17-6-4-5-15(11-17)13-28-23(30)27-10-3-2-7-20(27)26-28/h2-12H,13H2,1H3,(H,25,29). The highest BCUT2D eigenvalue weighted by molar-refractivity contribution is 9.10. The van der Waals surface area contributed by atoms with Gasteiger partial charge in [0.15, 0.2) is 11.4 Å². The number of aryl methyl sites for hydroxylation is 1. The molecule has 5 rings (SSSR count). The zero-order chi connectivity index (χ0) is 21.5. The number of anilines is 1. The van der Waals surface area contributed by atoms with Gasteiger partial charge in [0.05, 0.1) is 6.54 Å². The number of rotatable bonds is 4. The Kier molecular flexibility index (Phi) is 4.71. The molecule has 0 bridgehead atoms. The lowest BCUT2D eigenvalue weighted by Gasteiger charge is -2.07. The molecule has 31 heavy (non-hydrogen) atoms. The quantitative estimate of drug-likeness (QED) is 0.410. The number of fused-ring (bicyclic) bond motifs is 2. The van der Waals surface area contributed by atoms with Gasteiger partial charge in [-0.25, -0.2) is 9.48 Å². The molecule has 0 saturated heterocycles. The van der Waals surface area contributed by atoms with E-state index in [9.17, 15) is 9.59 Å². The first-order chi connectivity index (χ1) is 15.0. The third-order valence-electron chi connectivity index (χ3n) is 5.11. The topological polar surface area (TPSA) is 81.5 Å². The predicted molar refractivity (Wildman–Crippen MR) is 122 cm³/mol. The van der Waals surface area contributed by atoms with E-state index >= 15 is 0 Å². The molecule has 3 heterocycles. The molecule has 2 aromatic carbocycles. The lowest BCUT2D eigenvalue weighted by molar-refractivity contribution is 0.0998. The highest BCUT2D eigenvalue weighted by Crippen LogP contribution is 2.28. The van der Waals surface area contributed by atoms with Gasteiger partial charge in [-0.3, -0.25) is 9.20 Å². The molecule has 3 aromatic heterocycles. The summed E-state index contributed by atoms with van der Waals surface area (Å²) in [5.41, 5.74) is 3.26. The fourth-order valence-electron chi connectivity index (χ4n) is 3.59. The second-order valence-electron chi connectivity index (χ2n) is 7.22. The van der Waals surface area contributed by atoms with Gasteiger partial charge in [-0.1, -0.05) is 34.1 Å². The van der Waals surface area contributed by atoms with Crippen LogP contribution in [0.1, 0.15) is 21.7 Å². The van der Waals surface area contributed by atoms with Crippen LogP contribution in [0.25, 0.3) is 16.6 Å². The number of pyridine rings is 1. The summed E-state index contributed by atoms with van der Waals surface area (Å²) >= 11 is 3.44. The van der Waals surface area contributed by atoms with Crippen LogP contribution in [0.15, 0.2) is 80.5 Å². The maximum Gasteiger partial charge on any atom is 0.350 e. The summed E-state index contributed by atoms with van der Waals surface area (Å²) in [4.78, 5) is 25.3. The molecular formula is C23H17BrN4O3. The number of halogens is 1. The third-order valence-corrected chi connectivity index (χ3v) is 5.60. The van der Waals surface area contributed by atoms with Gasteiger partial charge in [-0.05, 0) is 55.0 Å². The maximum absolute atomic E-state index is 12.8. The average molecular weight is 477 g/mol. The van der Waals surface area contributed by atoms with Gasteiger partial charge >= 0.3 is 5.69 Å². The van der Waals surface area contributed by atoms with Gasteiger partial charge in [-0.2, -0.15) is 0 Å². The van der Waals surface area contributed by atoms with Crippen molar-refractivity contribution in [1.29, 1.82) is 0 Å². The molecule has 0 fully saturated rings. The number of amides is 1. The van der Waals surface area contributed by atoms with Crippen LogP contribution < -0.4 is 11.0 Å². The van der Waals surface area contributed by atoms with Crippen LogP contribution >= 0.6 is 15.9 Å². The summed E-state index contributed by atoms with van der Waals surface area (Å²) in [7, 11) is 0. The Bertz CT molecular complexity index is 1510. The summed E-state index contributed by atoms with van der Waals surface area (Å²) in [5, 5.41) is 8.12. The minimum atomic E-state index is -0.327. The monoisotopic (exact) mass is 476 g/mol. The Morgan fingerprint density at radius 1 is 1.13 bits per heavy atom. The summed E-state index contributed by atoms with van der Waals surface area (Å²) in [6.45, 7) is 2.15. The van der Waals surface area contributed by atoms with Crippen LogP contribution in [0.3, 0.4) is 0 Å². The zero-order valence-electron chi connectivity index (χ0n) is 16.5. The van der Waals surface area contributed by atoms with Crippen molar-refractivity contribution in [2.24, 2.45) is 0 Å². The number of nitrogens with one attached hydrogen (secondary N) is 1. The average Bonchev–Trinajstić information content (AvgIpc) is 3.25. The lowest BCUT2D eigenvalue weighted by Crippen LogP contribution is -2.21. The van der Waals surface area contributed by atoms with E-state index in [0.29, 0.717) is 23.5 Å². The third kappa shape index (κ3) is 3.55. The van der Waals surface area contributed by atoms with Crippen molar-refractivity contribution in [3.63, 3.8) is 0 Å². The van der Waals surface area contributed by atoms with Crippen LogP contribution in [0.2, 0.25) is 0 Å². The number of furan rings is 1. The van der Waals surface area contributed by atoms with Gasteiger partial charge in [0, 0.05) is 27.3 Å². The molecule has 5 aromatic rings. The SMILES string of the molecule is Cc1c(C(=O)Nc2cccc(Cn3nc4ccccn4c3=O)c2)oc2ccc(Br)cc12. The number of nitrogens with zero attached hydrogens (tertiary/aromatic N) is 3. The van der Waals surface area contributed by atoms with E-state index in [1.807, 2.05) is 49.4 Å². The van der Waals surface area contributed by atoms with Crippen LogP contribution in [-0.2, 0) is 6.54 Å². The molecule has 1 amide bonds. The fourth-order valence-corrected chi connectivity index (χ4v) is 3.95. The Morgan fingerprint density at radius 2 is 2.00 bits per heavy atom. The first-order valence-electron chi connectivity index (χ1n) is 9.63. The predicted octanol–water partition coefficient (Wildman–Crippen LogP) is 4.61. The van der Waals surface area contributed by atoms with E-state index in [-0.39, 0.29) is 17.4 Å². The Hall–Kier alpha value is -3.65. The van der Waals surface area contributed by atoms with Crippen molar-refractivity contribution in [3.8, 4) is 0 Å². The molecular weight excluding hydrogens is 460 g/mol. The molecule has 0 radical (unpaired) electrons. The van der Waals surface area contributed by atoms with Crippen molar-refractivity contribution in [2.75, 3.05) is 5.32 Å². The van der Waals surface area contributed by atoms with E-state index in [4.69, 9.17) is 4.42 Å². The van der Waals surface area contributed by atoms with Crippen LogP contribution in [0.4, 0.5) is 5.69 Å². The number of hydrogen-bond acceptors (Lipinski definition) is 4. The zero-order valence-corrected chi connectivity index (χ0v) is 18.1. The smallest absolute Gasteiger partial charge is 0.350 e. The fraction of sp³-hybridized carbons (Fsp3) is 0.0870. The van der Waals surface area contributed by atoms with E-state index in [0.717, 1.165) is 21.0 Å². The number of carbonyl (C=O) groups is 1. The van der Waals surface area contributed by atoms with Crippen molar-refractivity contribution >= 4 is 44.1 Å². The Balaban J connectivity index is 1.40. The molecule has 0 aliphatic heterocycles. The number of benzene rings is 2. The molecule has 0 aliphatic carbocycles. The molecule has 0 unspecified atom stereocenters. The van der Waals surface area contributed by atoms with Crippen molar-refractivity contribution in [3.05, 3.63) is 98.7 Å². The van der Waals surface area contributed by atoms with Crippen molar-refractivity contribution in [2.45, 2.75) is 13.5 Å². The number of aromatic nitrogens is 3. The first kappa shape index (κ1) is 19.3. The van der Waals surface area contributed by atoms with Gasteiger partial charge < -0.3 is 9.73 Å².